The molecule has 2 atom stereocenters. The monoisotopic (exact) mass is 280 g/mol. The topological polar surface area (TPSA) is 29.3 Å². The number of benzene rings is 2. The van der Waals surface area contributed by atoms with Crippen molar-refractivity contribution in [1.29, 1.82) is 0 Å². The second-order valence-corrected chi connectivity index (χ2v) is 6.40. The standard InChI is InChI=1S/C19H24N2/c1-14-11-17-5-3-4-6-19(17)21(13-14)18-9-7-16(8-10-18)12-15(2)20/h3-10,14-15H,11-13,20H2,1-2H3. The molecule has 0 bridgehead atoms. The lowest BCUT2D eigenvalue weighted by molar-refractivity contribution is 0.562. The summed E-state index contributed by atoms with van der Waals surface area (Å²) in [5.74, 6) is 0.684. The summed E-state index contributed by atoms with van der Waals surface area (Å²) in [6, 6.07) is 17.8. The minimum atomic E-state index is 0.214. The third kappa shape index (κ3) is 3.11. The van der Waals surface area contributed by atoms with Crippen LogP contribution in [0.2, 0.25) is 0 Å². The third-order valence-corrected chi connectivity index (χ3v) is 4.15. The van der Waals surface area contributed by atoms with E-state index in [9.17, 15) is 0 Å². The number of rotatable bonds is 3. The highest BCUT2D eigenvalue weighted by atomic mass is 15.1. The number of anilines is 2. The molecule has 2 unspecified atom stereocenters. The first-order chi connectivity index (χ1) is 10.1. The fourth-order valence-electron chi connectivity index (χ4n) is 3.23. The third-order valence-electron chi connectivity index (χ3n) is 4.15. The zero-order valence-electron chi connectivity index (χ0n) is 12.9. The van der Waals surface area contributed by atoms with Crippen molar-refractivity contribution in [3.8, 4) is 0 Å². The Labute approximate surface area is 127 Å². The normalized spacial score (nSPS) is 19.2. The van der Waals surface area contributed by atoms with Crippen molar-refractivity contribution in [1.82, 2.24) is 0 Å². The van der Waals surface area contributed by atoms with Crippen LogP contribution in [-0.2, 0) is 12.8 Å². The lowest BCUT2D eigenvalue weighted by atomic mass is 9.93. The molecule has 2 aromatic carbocycles. The van der Waals surface area contributed by atoms with Gasteiger partial charge in [0.05, 0.1) is 0 Å². The Balaban J connectivity index is 1.90. The summed E-state index contributed by atoms with van der Waals surface area (Å²) in [7, 11) is 0. The van der Waals surface area contributed by atoms with Crippen molar-refractivity contribution in [3.63, 3.8) is 0 Å². The second kappa shape index (κ2) is 5.90. The molecule has 0 fully saturated rings. The predicted octanol–water partition coefficient (Wildman–Crippen LogP) is 3.91. The summed E-state index contributed by atoms with van der Waals surface area (Å²) in [5.41, 5.74) is 11.3. The molecule has 0 radical (unpaired) electrons. The largest absolute Gasteiger partial charge is 0.341 e. The smallest absolute Gasteiger partial charge is 0.0443 e. The summed E-state index contributed by atoms with van der Waals surface area (Å²) in [6.45, 7) is 5.47. The number of hydrogen-bond acceptors (Lipinski definition) is 2. The minimum absolute atomic E-state index is 0.214. The maximum absolute atomic E-state index is 5.88. The summed E-state index contributed by atoms with van der Waals surface area (Å²) in [5, 5.41) is 0. The van der Waals surface area contributed by atoms with E-state index in [1.54, 1.807) is 0 Å². The van der Waals surface area contributed by atoms with Crippen molar-refractivity contribution in [2.24, 2.45) is 11.7 Å². The lowest BCUT2D eigenvalue weighted by Crippen LogP contribution is -2.30. The van der Waals surface area contributed by atoms with Crippen molar-refractivity contribution >= 4 is 11.4 Å². The van der Waals surface area contributed by atoms with E-state index in [0.717, 1.165) is 13.0 Å². The van der Waals surface area contributed by atoms with Gasteiger partial charge in [-0.3, -0.25) is 0 Å². The van der Waals surface area contributed by atoms with E-state index in [1.807, 2.05) is 0 Å². The number of nitrogens with zero attached hydrogens (tertiary/aromatic N) is 1. The Bertz CT molecular complexity index is 601. The molecule has 2 aromatic rings. The molecule has 1 heterocycles. The molecule has 0 amide bonds. The van der Waals surface area contributed by atoms with Crippen LogP contribution in [0.25, 0.3) is 0 Å². The molecular weight excluding hydrogens is 256 g/mol. The zero-order chi connectivity index (χ0) is 14.8. The highest BCUT2D eigenvalue weighted by Gasteiger charge is 2.22. The first-order valence-electron chi connectivity index (χ1n) is 7.83. The molecule has 0 saturated carbocycles. The molecule has 2 nitrogen and oxygen atoms in total. The molecule has 21 heavy (non-hydrogen) atoms. The minimum Gasteiger partial charge on any atom is -0.341 e. The molecule has 2 N–H and O–H groups in total. The summed E-state index contributed by atoms with van der Waals surface area (Å²) < 4.78 is 0. The van der Waals surface area contributed by atoms with Gasteiger partial charge in [0, 0.05) is 24.0 Å². The highest BCUT2D eigenvalue weighted by molar-refractivity contribution is 5.68. The molecule has 3 rings (SSSR count). The average molecular weight is 280 g/mol. The average Bonchev–Trinajstić information content (AvgIpc) is 2.46. The van der Waals surface area contributed by atoms with E-state index < -0.39 is 0 Å². The Morgan fingerprint density at radius 1 is 1.14 bits per heavy atom. The summed E-state index contributed by atoms with van der Waals surface area (Å²) in [4.78, 5) is 2.44. The van der Waals surface area contributed by atoms with Gasteiger partial charge < -0.3 is 10.6 Å². The van der Waals surface area contributed by atoms with E-state index >= 15 is 0 Å². The Kier molecular flexibility index (Phi) is 3.98. The van der Waals surface area contributed by atoms with Gasteiger partial charge in [-0.1, -0.05) is 37.3 Å². The van der Waals surface area contributed by atoms with Crippen LogP contribution in [0.3, 0.4) is 0 Å². The number of para-hydroxylation sites is 1. The number of fused-ring (bicyclic) bond motifs is 1. The SMILES string of the molecule is CC(N)Cc1ccc(N2CC(C)Cc3ccccc32)cc1. The van der Waals surface area contributed by atoms with Gasteiger partial charge in [-0.2, -0.15) is 0 Å². The molecule has 0 aliphatic carbocycles. The van der Waals surface area contributed by atoms with E-state index in [-0.39, 0.29) is 6.04 Å². The van der Waals surface area contributed by atoms with Crippen LogP contribution in [0.1, 0.15) is 25.0 Å². The van der Waals surface area contributed by atoms with Gasteiger partial charge in [-0.25, -0.2) is 0 Å². The van der Waals surface area contributed by atoms with E-state index in [2.05, 4.69) is 67.3 Å². The molecule has 0 saturated heterocycles. The van der Waals surface area contributed by atoms with Crippen LogP contribution in [0.5, 0.6) is 0 Å². The molecule has 0 aromatic heterocycles. The molecule has 1 aliphatic heterocycles. The highest BCUT2D eigenvalue weighted by Crippen LogP contribution is 2.35. The first kappa shape index (κ1) is 14.2. The van der Waals surface area contributed by atoms with Crippen molar-refractivity contribution in [3.05, 3.63) is 59.7 Å². The quantitative estimate of drug-likeness (QED) is 0.923. The maximum atomic E-state index is 5.88. The summed E-state index contributed by atoms with van der Waals surface area (Å²) >= 11 is 0. The van der Waals surface area contributed by atoms with E-state index in [0.29, 0.717) is 5.92 Å². The van der Waals surface area contributed by atoms with Crippen LogP contribution in [0, 0.1) is 5.92 Å². The van der Waals surface area contributed by atoms with Gasteiger partial charge in [0.2, 0.25) is 0 Å². The fourth-order valence-corrected chi connectivity index (χ4v) is 3.23. The lowest BCUT2D eigenvalue weighted by Gasteiger charge is -2.35. The molecular formula is C19H24N2. The van der Waals surface area contributed by atoms with Crippen LogP contribution in [-0.4, -0.2) is 12.6 Å². The summed E-state index contributed by atoms with van der Waals surface area (Å²) in [6.07, 6.45) is 2.11. The van der Waals surface area contributed by atoms with Gasteiger partial charge in [0.1, 0.15) is 0 Å². The first-order valence-corrected chi connectivity index (χ1v) is 7.83. The van der Waals surface area contributed by atoms with Gasteiger partial charge in [-0.05, 0) is 55.0 Å². The molecule has 0 spiro atoms. The zero-order valence-corrected chi connectivity index (χ0v) is 12.9. The molecule has 1 aliphatic rings. The van der Waals surface area contributed by atoms with Crippen molar-refractivity contribution < 1.29 is 0 Å². The number of hydrogen-bond donors (Lipinski definition) is 1. The van der Waals surface area contributed by atoms with Crippen molar-refractivity contribution in [2.45, 2.75) is 32.7 Å². The van der Waals surface area contributed by atoms with Crippen LogP contribution in [0.4, 0.5) is 11.4 Å². The second-order valence-electron chi connectivity index (χ2n) is 6.40. The van der Waals surface area contributed by atoms with Crippen LogP contribution >= 0.6 is 0 Å². The fraction of sp³-hybridized carbons (Fsp3) is 0.368. The Morgan fingerprint density at radius 2 is 1.86 bits per heavy atom. The Hall–Kier alpha value is -1.80. The van der Waals surface area contributed by atoms with Gasteiger partial charge in [-0.15, -0.1) is 0 Å². The Morgan fingerprint density at radius 3 is 2.57 bits per heavy atom. The van der Waals surface area contributed by atoms with Gasteiger partial charge in [0.15, 0.2) is 0 Å². The van der Waals surface area contributed by atoms with Crippen LogP contribution < -0.4 is 10.6 Å². The number of nitrogens with two attached hydrogens (primary N) is 1. The molecule has 2 heteroatoms. The molecule has 110 valence electrons. The predicted molar refractivity (Wildman–Crippen MR) is 90.1 cm³/mol. The van der Waals surface area contributed by atoms with Gasteiger partial charge in [0.25, 0.3) is 0 Å². The maximum Gasteiger partial charge on any atom is 0.0443 e. The van der Waals surface area contributed by atoms with Crippen LogP contribution in [0.15, 0.2) is 48.5 Å². The van der Waals surface area contributed by atoms with Gasteiger partial charge >= 0.3 is 0 Å². The van der Waals surface area contributed by atoms with Crippen molar-refractivity contribution in [2.75, 3.05) is 11.4 Å². The van der Waals surface area contributed by atoms with E-state index in [1.165, 1.54) is 28.9 Å². The van der Waals surface area contributed by atoms with E-state index in [4.69, 9.17) is 5.73 Å².